The number of hydrogen-bond donors (Lipinski definition) is 2. The van der Waals surface area contributed by atoms with Crippen LogP contribution >= 0.6 is 0 Å². The summed E-state index contributed by atoms with van der Waals surface area (Å²) in [5.41, 5.74) is 4.43. The highest BCUT2D eigenvalue weighted by Crippen LogP contribution is 2.28. The minimum Gasteiger partial charge on any atom is -0.465 e. The van der Waals surface area contributed by atoms with Gasteiger partial charge in [0.2, 0.25) is 0 Å². The SMILES string of the molecule is CCC1C=Cc2cc(Nc3ccnc(-c4cccc(C(=O)OC)c4)n3)ccc2N1. The molecule has 146 valence electrons. The summed E-state index contributed by atoms with van der Waals surface area (Å²) in [7, 11) is 1.36. The number of benzene rings is 2. The molecule has 1 atom stereocenters. The number of aromatic nitrogens is 2. The van der Waals surface area contributed by atoms with Crippen molar-refractivity contribution in [2.24, 2.45) is 0 Å². The monoisotopic (exact) mass is 386 g/mol. The Hall–Kier alpha value is -3.67. The third-order valence-electron chi connectivity index (χ3n) is 4.81. The molecular weight excluding hydrogens is 364 g/mol. The molecule has 0 amide bonds. The lowest BCUT2D eigenvalue weighted by Gasteiger charge is -2.21. The van der Waals surface area contributed by atoms with Crippen LogP contribution in [0.25, 0.3) is 17.5 Å². The Bertz CT molecular complexity index is 1080. The second kappa shape index (κ2) is 8.14. The third kappa shape index (κ3) is 4.11. The third-order valence-corrected chi connectivity index (χ3v) is 4.81. The summed E-state index contributed by atoms with van der Waals surface area (Å²) in [5.74, 6) is 0.825. The van der Waals surface area contributed by atoms with E-state index in [1.807, 2.05) is 18.2 Å². The fourth-order valence-electron chi connectivity index (χ4n) is 3.23. The van der Waals surface area contributed by atoms with E-state index in [9.17, 15) is 4.79 Å². The van der Waals surface area contributed by atoms with Crippen molar-refractivity contribution in [1.82, 2.24) is 9.97 Å². The van der Waals surface area contributed by atoms with Crippen molar-refractivity contribution in [2.75, 3.05) is 17.7 Å². The second-order valence-electron chi connectivity index (χ2n) is 6.78. The molecular formula is C23H22N4O2. The summed E-state index contributed by atoms with van der Waals surface area (Å²) in [6, 6.07) is 15.5. The first-order valence-electron chi connectivity index (χ1n) is 9.54. The standard InChI is InChI=1S/C23H22N4O2/c1-3-18-8-7-15-14-19(9-10-20(15)25-18)26-21-11-12-24-22(27-21)16-5-4-6-17(13-16)23(28)29-2/h4-14,18,25H,3H2,1-2H3,(H,24,26,27). The van der Waals surface area contributed by atoms with Crippen molar-refractivity contribution >= 4 is 29.2 Å². The maximum atomic E-state index is 11.8. The Morgan fingerprint density at radius 3 is 2.93 bits per heavy atom. The predicted octanol–water partition coefficient (Wildman–Crippen LogP) is 4.89. The van der Waals surface area contributed by atoms with Crippen LogP contribution in [0.1, 0.15) is 29.3 Å². The fourth-order valence-corrected chi connectivity index (χ4v) is 3.23. The number of anilines is 3. The van der Waals surface area contributed by atoms with Gasteiger partial charge in [0.05, 0.1) is 12.7 Å². The summed E-state index contributed by atoms with van der Waals surface area (Å²) in [6.07, 6.45) is 7.08. The van der Waals surface area contributed by atoms with Crippen LogP contribution in [0.2, 0.25) is 0 Å². The van der Waals surface area contributed by atoms with E-state index < -0.39 is 0 Å². The minimum absolute atomic E-state index is 0.381. The summed E-state index contributed by atoms with van der Waals surface area (Å²) in [6.45, 7) is 2.16. The van der Waals surface area contributed by atoms with Gasteiger partial charge in [-0.05, 0) is 48.4 Å². The maximum absolute atomic E-state index is 11.8. The van der Waals surface area contributed by atoms with Gasteiger partial charge in [-0.2, -0.15) is 0 Å². The topological polar surface area (TPSA) is 76.1 Å². The number of ether oxygens (including phenoxy) is 1. The molecule has 0 spiro atoms. The molecule has 0 bridgehead atoms. The van der Waals surface area contributed by atoms with Gasteiger partial charge in [0.25, 0.3) is 0 Å². The number of nitrogens with one attached hydrogen (secondary N) is 2. The number of carbonyl (C=O) groups is 1. The zero-order chi connectivity index (χ0) is 20.2. The molecule has 1 aromatic heterocycles. The van der Waals surface area contributed by atoms with E-state index in [2.05, 4.69) is 51.8 Å². The van der Waals surface area contributed by atoms with Gasteiger partial charge < -0.3 is 15.4 Å². The Labute approximate surface area is 169 Å². The second-order valence-corrected chi connectivity index (χ2v) is 6.78. The molecule has 0 saturated heterocycles. The number of methoxy groups -OCH3 is 1. The zero-order valence-corrected chi connectivity index (χ0v) is 16.3. The molecule has 0 radical (unpaired) electrons. The van der Waals surface area contributed by atoms with Gasteiger partial charge in [0.1, 0.15) is 5.82 Å². The van der Waals surface area contributed by atoms with Gasteiger partial charge >= 0.3 is 5.97 Å². The highest BCUT2D eigenvalue weighted by atomic mass is 16.5. The van der Waals surface area contributed by atoms with E-state index in [0.29, 0.717) is 23.2 Å². The number of hydrogen-bond acceptors (Lipinski definition) is 6. The molecule has 1 aliphatic heterocycles. The molecule has 2 heterocycles. The van der Waals surface area contributed by atoms with E-state index in [4.69, 9.17) is 4.74 Å². The van der Waals surface area contributed by atoms with Crippen LogP contribution in [-0.2, 0) is 4.74 Å². The van der Waals surface area contributed by atoms with Crippen molar-refractivity contribution in [3.63, 3.8) is 0 Å². The van der Waals surface area contributed by atoms with E-state index in [-0.39, 0.29) is 5.97 Å². The van der Waals surface area contributed by atoms with E-state index in [1.54, 1.807) is 24.4 Å². The van der Waals surface area contributed by atoms with Gasteiger partial charge in [-0.15, -0.1) is 0 Å². The molecule has 6 nitrogen and oxygen atoms in total. The smallest absolute Gasteiger partial charge is 0.337 e. The van der Waals surface area contributed by atoms with Crippen LogP contribution in [0.3, 0.4) is 0 Å². The summed E-state index contributed by atoms with van der Waals surface area (Å²) < 4.78 is 4.79. The lowest BCUT2D eigenvalue weighted by Crippen LogP contribution is -2.18. The summed E-state index contributed by atoms with van der Waals surface area (Å²) >= 11 is 0. The molecule has 0 fully saturated rings. The first-order chi connectivity index (χ1) is 14.2. The lowest BCUT2D eigenvalue weighted by atomic mass is 10.0. The fraction of sp³-hybridized carbons (Fsp3) is 0.174. The van der Waals surface area contributed by atoms with Crippen molar-refractivity contribution in [1.29, 1.82) is 0 Å². The predicted molar refractivity (Wildman–Crippen MR) is 115 cm³/mol. The van der Waals surface area contributed by atoms with E-state index in [1.165, 1.54) is 7.11 Å². The van der Waals surface area contributed by atoms with Crippen molar-refractivity contribution < 1.29 is 9.53 Å². The molecule has 4 rings (SSSR count). The largest absolute Gasteiger partial charge is 0.465 e. The maximum Gasteiger partial charge on any atom is 0.337 e. The van der Waals surface area contributed by atoms with Crippen LogP contribution in [0.15, 0.2) is 60.8 Å². The van der Waals surface area contributed by atoms with Gasteiger partial charge in [-0.3, -0.25) is 0 Å². The van der Waals surface area contributed by atoms with Crippen LogP contribution in [-0.4, -0.2) is 29.1 Å². The highest BCUT2D eigenvalue weighted by Gasteiger charge is 2.12. The number of rotatable bonds is 5. The first-order valence-corrected chi connectivity index (χ1v) is 9.54. The van der Waals surface area contributed by atoms with Crippen LogP contribution in [0.4, 0.5) is 17.2 Å². The van der Waals surface area contributed by atoms with Gasteiger partial charge in [0.15, 0.2) is 5.82 Å². The van der Waals surface area contributed by atoms with Crippen molar-refractivity contribution in [3.05, 3.63) is 71.9 Å². The Balaban J connectivity index is 1.57. The normalized spacial score (nSPS) is 14.6. The lowest BCUT2D eigenvalue weighted by molar-refractivity contribution is 0.0601. The van der Waals surface area contributed by atoms with Gasteiger partial charge in [-0.25, -0.2) is 14.8 Å². The van der Waals surface area contributed by atoms with Crippen LogP contribution in [0, 0.1) is 0 Å². The molecule has 0 saturated carbocycles. The molecule has 2 N–H and O–H groups in total. The summed E-state index contributed by atoms with van der Waals surface area (Å²) in [4.78, 5) is 20.7. The Morgan fingerprint density at radius 2 is 2.10 bits per heavy atom. The van der Waals surface area contributed by atoms with Crippen molar-refractivity contribution in [2.45, 2.75) is 19.4 Å². The van der Waals surface area contributed by atoms with Gasteiger partial charge in [-0.1, -0.05) is 31.2 Å². The molecule has 0 aliphatic carbocycles. The average Bonchev–Trinajstić information content (AvgIpc) is 2.78. The Kier molecular flexibility index (Phi) is 5.24. The van der Waals surface area contributed by atoms with Gasteiger partial charge in [0, 0.05) is 29.2 Å². The Morgan fingerprint density at radius 1 is 1.21 bits per heavy atom. The number of esters is 1. The number of nitrogens with zero attached hydrogens (tertiary/aromatic N) is 2. The molecule has 6 heteroatoms. The summed E-state index contributed by atoms with van der Waals surface area (Å²) in [5, 5.41) is 6.84. The average molecular weight is 386 g/mol. The molecule has 2 aromatic carbocycles. The van der Waals surface area contributed by atoms with Crippen LogP contribution in [0.5, 0.6) is 0 Å². The highest BCUT2D eigenvalue weighted by molar-refractivity contribution is 5.90. The molecule has 1 aliphatic rings. The molecule has 1 unspecified atom stereocenters. The number of carbonyl (C=O) groups excluding carboxylic acids is 1. The molecule has 3 aromatic rings. The minimum atomic E-state index is -0.387. The quantitative estimate of drug-likeness (QED) is 0.608. The van der Waals surface area contributed by atoms with Crippen molar-refractivity contribution in [3.8, 4) is 11.4 Å². The van der Waals surface area contributed by atoms with Crippen LogP contribution < -0.4 is 10.6 Å². The zero-order valence-electron chi connectivity index (χ0n) is 16.3. The molecule has 29 heavy (non-hydrogen) atoms. The number of fused-ring (bicyclic) bond motifs is 1. The van der Waals surface area contributed by atoms with E-state index in [0.717, 1.165) is 28.9 Å². The first kappa shape index (κ1) is 18.7. The van der Waals surface area contributed by atoms with E-state index >= 15 is 0 Å².